The van der Waals surface area contributed by atoms with Crippen molar-refractivity contribution in [1.82, 2.24) is 19.4 Å². The maximum Gasteiger partial charge on any atom is 0.161 e. The SMILES string of the molecule is CPn1nc(C)c2cc(-c3ccc(N4CCN(C)CC4)cc3)cnc21. The van der Waals surface area contributed by atoms with Crippen LogP contribution in [0, 0.1) is 6.92 Å². The molecule has 0 amide bonds. The van der Waals surface area contributed by atoms with Gasteiger partial charge >= 0.3 is 0 Å². The largest absolute Gasteiger partial charge is 0.369 e. The summed E-state index contributed by atoms with van der Waals surface area (Å²) < 4.78 is 1.99. The van der Waals surface area contributed by atoms with Crippen molar-refractivity contribution in [3.63, 3.8) is 0 Å². The second kappa shape index (κ2) is 6.74. The third-order valence-electron chi connectivity index (χ3n) is 4.99. The van der Waals surface area contributed by atoms with Crippen LogP contribution >= 0.6 is 8.73 Å². The second-order valence-electron chi connectivity index (χ2n) is 6.65. The number of hydrogen-bond donors (Lipinski definition) is 0. The fourth-order valence-electron chi connectivity index (χ4n) is 3.39. The van der Waals surface area contributed by atoms with E-state index >= 15 is 0 Å². The van der Waals surface area contributed by atoms with Gasteiger partial charge in [0.1, 0.15) is 0 Å². The molecule has 2 aromatic heterocycles. The topological polar surface area (TPSA) is 37.2 Å². The minimum Gasteiger partial charge on any atom is -0.369 e. The summed E-state index contributed by atoms with van der Waals surface area (Å²) in [5.74, 6) is 0. The number of likely N-dealkylation sites (N-methyl/N-ethyl adjacent to an activating group) is 1. The molecule has 25 heavy (non-hydrogen) atoms. The maximum atomic E-state index is 4.66. The molecule has 0 spiro atoms. The van der Waals surface area contributed by atoms with Crippen LogP contribution in [0.15, 0.2) is 36.5 Å². The molecule has 1 saturated heterocycles. The monoisotopic (exact) mass is 353 g/mol. The van der Waals surface area contributed by atoms with Crippen molar-refractivity contribution in [3.8, 4) is 11.1 Å². The summed E-state index contributed by atoms with van der Waals surface area (Å²) in [6, 6.07) is 11.1. The molecule has 1 aromatic carbocycles. The summed E-state index contributed by atoms with van der Waals surface area (Å²) in [4.78, 5) is 9.50. The number of benzene rings is 1. The molecule has 3 aromatic rings. The van der Waals surface area contributed by atoms with E-state index < -0.39 is 0 Å². The second-order valence-corrected chi connectivity index (χ2v) is 7.52. The molecular weight excluding hydrogens is 329 g/mol. The van der Waals surface area contributed by atoms with Crippen LogP contribution in [-0.2, 0) is 0 Å². The Hall–Kier alpha value is -1.97. The van der Waals surface area contributed by atoms with Crippen molar-refractivity contribution in [1.29, 1.82) is 0 Å². The van der Waals surface area contributed by atoms with E-state index in [1.165, 1.54) is 11.3 Å². The van der Waals surface area contributed by atoms with Gasteiger partial charge in [-0.15, -0.1) is 0 Å². The van der Waals surface area contributed by atoms with Gasteiger partial charge in [0.2, 0.25) is 0 Å². The first-order valence-corrected chi connectivity index (χ1v) is 10.2. The highest BCUT2D eigenvalue weighted by atomic mass is 31.1. The predicted molar refractivity (Wildman–Crippen MR) is 107 cm³/mol. The van der Waals surface area contributed by atoms with E-state index in [9.17, 15) is 0 Å². The van der Waals surface area contributed by atoms with Gasteiger partial charge in [-0.3, -0.25) is 0 Å². The predicted octanol–water partition coefficient (Wildman–Crippen LogP) is 3.23. The minimum atomic E-state index is 0.601. The van der Waals surface area contributed by atoms with Gasteiger partial charge in [0.05, 0.1) is 5.69 Å². The zero-order chi connectivity index (χ0) is 17.4. The van der Waals surface area contributed by atoms with E-state index in [0.29, 0.717) is 8.73 Å². The van der Waals surface area contributed by atoms with Gasteiger partial charge in [-0.05, 0) is 44.4 Å². The van der Waals surface area contributed by atoms with Gasteiger partial charge < -0.3 is 9.80 Å². The Bertz CT molecular complexity index is 879. The molecule has 1 atom stereocenters. The molecule has 3 heterocycles. The molecule has 0 N–H and O–H groups in total. The summed E-state index contributed by atoms with van der Waals surface area (Å²) in [6.07, 6.45) is 1.96. The molecule has 1 unspecified atom stereocenters. The lowest BCUT2D eigenvalue weighted by Gasteiger charge is -2.34. The first kappa shape index (κ1) is 16.5. The van der Waals surface area contributed by atoms with E-state index in [1.54, 1.807) is 0 Å². The Labute approximate surface area is 150 Å². The van der Waals surface area contributed by atoms with Crippen molar-refractivity contribution < 1.29 is 0 Å². The number of nitrogens with zero attached hydrogens (tertiary/aromatic N) is 5. The molecular formula is C19H24N5P. The number of piperazine rings is 1. The highest BCUT2D eigenvalue weighted by molar-refractivity contribution is 7.35. The van der Waals surface area contributed by atoms with Crippen molar-refractivity contribution in [2.75, 3.05) is 44.8 Å². The molecule has 5 nitrogen and oxygen atoms in total. The van der Waals surface area contributed by atoms with Crippen molar-refractivity contribution >= 4 is 25.5 Å². The van der Waals surface area contributed by atoms with E-state index in [4.69, 9.17) is 0 Å². The number of aromatic nitrogens is 3. The lowest BCUT2D eigenvalue weighted by molar-refractivity contribution is 0.313. The van der Waals surface area contributed by atoms with E-state index in [-0.39, 0.29) is 0 Å². The first-order chi connectivity index (χ1) is 12.2. The summed E-state index contributed by atoms with van der Waals surface area (Å²) in [7, 11) is 2.79. The number of hydrogen-bond acceptors (Lipinski definition) is 4. The van der Waals surface area contributed by atoms with Crippen LogP contribution in [0.1, 0.15) is 5.69 Å². The Morgan fingerprint density at radius 1 is 1.00 bits per heavy atom. The summed E-state index contributed by atoms with van der Waals surface area (Å²) in [6.45, 7) is 8.63. The summed E-state index contributed by atoms with van der Waals surface area (Å²) in [5, 5.41) is 5.73. The number of aryl methyl sites for hydroxylation is 1. The first-order valence-electron chi connectivity index (χ1n) is 8.73. The van der Waals surface area contributed by atoms with Crippen LogP contribution in [0.5, 0.6) is 0 Å². The zero-order valence-electron chi connectivity index (χ0n) is 15.0. The zero-order valence-corrected chi connectivity index (χ0v) is 16.0. The molecule has 4 rings (SSSR count). The Balaban J connectivity index is 1.61. The molecule has 1 aliphatic heterocycles. The van der Waals surface area contributed by atoms with Gasteiger partial charge in [0.25, 0.3) is 0 Å². The number of fused-ring (bicyclic) bond motifs is 1. The van der Waals surface area contributed by atoms with Crippen LogP contribution in [-0.4, -0.2) is 59.3 Å². The van der Waals surface area contributed by atoms with Crippen molar-refractivity contribution in [2.45, 2.75) is 6.92 Å². The quantitative estimate of drug-likeness (QED) is 0.678. The van der Waals surface area contributed by atoms with Crippen molar-refractivity contribution in [3.05, 3.63) is 42.2 Å². The van der Waals surface area contributed by atoms with E-state index in [2.05, 4.69) is 70.9 Å². The van der Waals surface area contributed by atoms with Gasteiger partial charge in [-0.1, -0.05) is 12.1 Å². The standard InChI is InChI=1S/C19H24N5P/c1-14-18-12-16(13-20-19(18)24(21-14)25-3)15-4-6-17(7-5-15)23-10-8-22(2)9-11-23/h4-7,12-13,25H,8-11H2,1-3H3. The molecule has 0 saturated carbocycles. The van der Waals surface area contributed by atoms with Crippen LogP contribution in [0.2, 0.25) is 0 Å². The Morgan fingerprint density at radius 2 is 1.72 bits per heavy atom. The summed E-state index contributed by atoms with van der Waals surface area (Å²) >= 11 is 0. The molecule has 0 radical (unpaired) electrons. The lowest BCUT2D eigenvalue weighted by Crippen LogP contribution is -2.44. The van der Waals surface area contributed by atoms with Crippen molar-refractivity contribution in [2.24, 2.45) is 0 Å². The molecule has 1 fully saturated rings. The van der Waals surface area contributed by atoms with E-state index in [1.807, 2.05) is 10.6 Å². The molecule has 0 bridgehead atoms. The summed E-state index contributed by atoms with van der Waals surface area (Å²) in [5.41, 5.74) is 5.70. The van der Waals surface area contributed by atoms with Gasteiger partial charge in [0, 0.05) is 57.7 Å². The van der Waals surface area contributed by atoms with Gasteiger partial charge in [0.15, 0.2) is 5.65 Å². The third-order valence-corrected chi connectivity index (χ3v) is 5.72. The number of pyridine rings is 1. The van der Waals surface area contributed by atoms with Crippen LogP contribution < -0.4 is 4.90 Å². The number of anilines is 1. The third kappa shape index (κ3) is 3.14. The van der Waals surface area contributed by atoms with Crippen LogP contribution in [0.25, 0.3) is 22.2 Å². The lowest BCUT2D eigenvalue weighted by atomic mass is 10.1. The highest BCUT2D eigenvalue weighted by Gasteiger charge is 2.14. The molecule has 6 heteroatoms. The average molecular weight is 353 g/mol. The molecule has 1 aliphatic rings. The number of rotatable bonds is 3. The Kier molecular flexibility index (Phi) is 4.45. The van der Waals surface area contributed by atoms with E-state index in [0.717, 1.165) is 48.5 Å². The highest BCUT2D eigenvalue weighted by Crippen LogP contribution is 2.28. The minimum absolute atomic E-state index is 0.601. The smallest absolute Gasteiger partial charge is 0.161 e. The van der Waals surface area contributed by atoms with Gasteiger partial charge in [-0.25, -0.2) is 9.44 Å². The maximum absolute atomic E-state index is 4.66. The Morgan fingerprint density at radius 3 is 2.40 bits per heavy atom. The van der Waals surface area contributed by atoms with Crippen LogP contribution in [0.3, 0.4) is 0 Å². The average Bonchev–Trinajstić information content (AvgIpc) is 2.98. The fourth-order valence-corrected chi connectivity index (χ4v) is 4.03. The normalized spacial score (nSPS) is 16.4. The van der Waals surface area contributed by atoms with Crippen LogP contribution in [0.4, 0.5) is 5.69 Å². The van der Waals surface area contributed by atoms with Gasteiger partial charge in [-0.2, -0.15) is 5.10 Å². The molecule has 0 aliphatic carbocycles. The fraction of sp³-hybridized carbons (Fsp3) is 0.368. The molecule has 130 valence electrons.